The lowest BCUT2D eigenvalue weighted by Crippen LogP contribution is -2.41. The van der Waals surface area contributed by atoms with Crippen molar-refractivity contribution < 1.29 is 9.59 Å². The molecule has 0 radical (unpaired) electrons. The smallest absolute Gasteiger partial charge is 0.236 e. The molecule has 0 saturated carbocycles. The van der Waals surface area contributed by atoms with E-state index < -0.39 is 0 Å². The van der Waals surface area contributed by atoms with E-state index in [1.54, 1.807) is 4.90 Å². The van der Waals surface area contributed by atoms with Gasteiger partial charge in [-0.2, -0.15) is 0 Å². The van der Waals surface area contributed by atoms with Crippen LogP contribution in [0.15, 0.2) is 24.3 Å². The molecular weight excluding hydrogens is 276 g/mol. The van der Waals surface area contributed by atoms with Crippen molar-refractivity contribution in [3.63, 3.8) is 0 Å². The molecule has 1 fully saturated rings. The Morgan fingerprint density at radius 3 is 2.55 bits per heavy atom. The van der Waals surface area contributed by atoms with Crippen molar-refractivity contribution >= 4 is 17.5 Å². The van der Waals surface area contributed by atoms with E-state index in [1.807, 2.05) is 43.0 Å². The van der Waals surface area contributed by atoms with E-state index in [-0.39, 0.29) is 18.2 Å². The first-order chi connectivity index (χ1) is 10.5. The van der Waals surface area contributed by atoms with Crippen LogP contribution in [0.5, 0.6) is 0 Å². The van der Waals surface area contributed by atoms with E-state index in [0.717, 1.165) is 37.2 Å². The van der Waals surface area contributed by atoms with Crippen LogP contribution in [-0.4, -0.2) is 36.3 Å². The summed E-state index contributed by atoms with van der Waals surface area (Å²) in [6, 6.07) is 7.84. The summed E-state index contributed by atoms with van der Waals surface area (Å²) in [5, 5.41) is 0. The van der Waals surface area contributed by atoms with Crippen LogP contribution >= 0.6 is 0 Å². The maximum Gasteiger partial charge on any atom is 0.236 e. The highest BCUT2D eigenvalue weighted by molar-refractivity contribution is 6.05. The SMILES string of the molecule is CCN(C(=O)CC(=O)N1CCC(C)CC1)c1cccc(C)c1. The highest BCUT2D eigenvalue weighted by Gasteiger charge is 2.24. The van der Waals surface area contributed by atoms with Gasteiger partial charge >= 0.3 is 0 Å². The molecule has 4 heteroatoms. The second-order valence-electron chi connectivity index (χ2n) is 6.22. The Balaban J connectivity index is 1.99. The van der Waals surface area contributed by atoms with Crippen LogP contribution in [0.25, 0.3) is 0 Å². The Morgan fingerprint density at radius 2 is 1.95 bits per heavy atom. The standard InChI is InChI=1S/C18H26N2O2/c1-4-20(16-7-5-6-15(3)12-16)18(22)13-17(21)19-10-8-14(2)9-11-19/h5-7,12,14H,4,8-11,13H2,1-3H3. The summed E-state index contributed by atoms with van der Waals surface area (Å²) in [4.78, 5) is 28.3. The van der Waals surface area contributed by atoms with Crippen molar-refractivity contribution in [1.29, 1.82) is 0 Å². The first-order valence-electron chi connectivity index (χ1n) is 8.16. The van der Waals surface area contributed by atoms with Crippen molar-refractivity contribution in [2.24, 2.45) is 5.92 Å². The number of carbonyl (C=O) groups is 2. The van der Waals surface area contributed by atoms with Crippen molar-refractivity contribution in [2.45, 2.75) is 40.0 Å². The zero-order chi connectivity index (χ0) is 16.1. The number of aryl methyl sites for hydroxylation is 1. The molecule has 0 atom stereocenters. The molecule has 0 aromatic heterocycles. The molecule has 0 unspecified atom stereocenters. The third-order valence-corrected chi connectivity index (χ3v) is 4.37. The number of piperidine rings is 1. The van der Waals surface area contributed by atoms with Gasteiger partial charge in [-0.1, -0.05) is 19.1 Å². The van der Waals surface area contributed by atoms with Crippen molar-refractivity contribution in [3.05, 3.63) is 29.8 Å². The van der Waals surface area contributed by atoms with Crippen LogP contribution in [0.4, 0.5) is 5.69 Å². The zero-order valence-corrected chi connectivity index (χ0v) is 13.8. The Hall–Kier alpha value is -1.84. The summed E-state index contributed by atoms with van der Waals surface area (Å²) in [6.45, 7) is 8.29. The summed E-state index contributed by atoms with van der Waals surface area (Å²) in [5.41, 5.74) is 1.98. The Labute approximate surface area is 133 Å². The normalized spacial score (nSPS) is 15.7. The Kier molecular flexibility index (Phi) is 5.58. The summed E-state index contributed by atoms with van der Waals surface area (Å²) >= 11 is 0. The average Bonchev–Trinajstić information content (AvgIpc) is 2.48. The highest BCUT2D eigenvalue weighted by atomic mass is 16.2. The number of amides is 2. The van der Waals surface area contributed by atoms with Gasteiger partial charge in [0.25, 0.3) is 0 Å². The molecule has 2 amide bonds. The number of anilines is 1. The first-order valence-corrected chi connectivity index (χ1v) is 8.16. The average molecular weight is 302 g/mol. The van der Waals surface area contributed by atoms with Crippen LogP contribution in [-0.2, 0) is 9.59 Å². The molecule has 2 rings (SSSR count). The van der Waals surface area contributed by atoms with Crippen LogP contribution < -0.4 is 4.90 Å². The van der Waals surface area contributed by atoms with Gasteiger partial charge in [-0.25, -0.2) is 0 Å². The van der Waals surface area contributed by atoms with Gasteiger partial charge in [-0.15, -0.1) is 0 Å². The molecule has 1 aromatic rings. The number of carbonyl (C=O) groups excluding carboxylic acids is 2. The fourth-order valence-electron chi connectivity index (χ4n) is 2.89. The number of nitrogens with zero attached hydrogens (tertiary/aromatic N) is 2. The van der Waals surface area contributed by atoms with Gasteiger partial charge in [0.15, 0.2) is 0 Å². The molecule has 0 bridgehead atoms. The number of hydrogen-bond donors (Lipinski definition) is 0. The third-order valence-electron chi connectivity index (χ3n) is 4.37. The summed E-state index contributed by atoms with van der Waals surface area (Å²) in [6.07, 6.45) is 2.04. The van der Waals surface area contributed by atoms with E-state index >= 15 is 0 Å². The molecule has 1 heterocycles. The monoisotopic (exact) mass is 302 g/mol. The molecule has 4 nitrogen and oxygen atoms in total. The molecule has 1 aliphatic heterocycles. The zero-order valence-electron chi connectivity index (χ0n) is 13.8. The van der Waals surface area contributed by atoms with Crippen molar-refractivity contribution in [2.75, 3.05) is 24.5 Å². The predicted molar refractivity (Wildman–Crippen MR) is 88.8 cm³/mol. The first kappa shape index (κ1) is 16.5. The Bertz CT molecular complexity index is 534. The molecule has 120 valence electrons. The second kappa shape index (κ2) is 7.43. The molecule has 1 aliphatic rings. The molecule has 1 saturated heterocycles. The number of rotatable bonds is 4. The molecule has 0 spiro atoms. The fourth-order valence-corrected chi connectivity index (χ4v) is 2.89. The van der Waals surface area contributed by atoms with Crippen molar-refractivity contribution in [1.82, 2.24) is 4.90 Å². The van der Waals surface area contributed by atoms with E-state index in [1.165, 1.54) is 0 Å². The lowest BCUT2D eigenvalue weighted by atomic mass is 9.99. The van der Waals surface area contributed by atoms with Gasteiger partial charge in [0.05, 0.1) is 0 Å². The van der Waals surface area contributed by atoms with Gasteiger partial charge in [0.1, 0.15) is 6.42 Å². The molecular formula is C18H26N2O2. The molecule has 1 aromatic carbocycles. The van der Waals surface area contributed by atoms with Gasteiger partial charge < -0.3 is 9.80 Å². The predicted octanol–water partition coefficient (Wildman–Crippen LogP) is 3.00. The van der Waals surface area contributed by atoms with Crippen molar-refractivity contribution in [3.8, 4) is 0 Å². The van der Waals surface area contributed by atoms with E-state index in [0.29, 0.717) is 12.5 Å². The summed E-state index contributed by atoms with van der Waals surface area (Å²) in [7, 11) is 0. The lowest BCUT2D eigenvalue weighted by molar-refractivity contribution is -0.136. The van der Waals surface area contributed by atoms with Crippen LogP contribution in [0.3, 0.4) is 0 Å². The van der Waals surface area contributed by atoms with Gasteiger partial charge in [0.2, 0.25) is 11.8 Å². The minimum atomic E-state index is -0.114. The van der Waals surface area contributed by atoms with Gasteiger partial charge in [-0.3, -0.25) is 9.59 Å². The summed E-state index contributed by atoms with van der Waals surface area (Å²) < 4.78 is 0. The molecule has 0 aliphatic carbocycles. The quantitative estimate of drug-likeness (QED) is 0.802. The lowest BCUT2D eigenvalue weighted by Gasteiger charge is -2.31. The maximum atomic E-state index is 12.5. The van der Waals surface area contributed by atoms with Gasteiger partial charge in [-0.05, 0) is 50.3 Å². The minimum absolute atomic E-state index is 0.0316. The van der Waals surface area contributed by atoms with Crippen LogP contribution in [0.1, 0.15) is 38.7 Å². The second-order valence-corrected chi connectivity index (χ2v) is 6.22. The molecule has 22 heavy (non-hydrogen) atoms. The maximum absolute atomic E-state index is 12.5. The topological polar surface area (TPSA) is 40.6 Å². The van der Waals surface area contributed by atoms with Crippen LogP contribution in [0.2, 0.25) is 0 Å². The van der Waals surface area contributed by atoms with E-state index in [4.69, 9.17) is 0 Å². The number of likely N-dealkylation sites (tertiary alicyclic amines) is 1. The molecule has 0 N–H and O–H groups in total. The van der Waals surface area contributed by atoms with E-state index in [2.05, 4.69) is 6.92 Å². The van der Waals surface area contributed by atoms with E-state index in [9.17, 15) is 9.59 Å². The third kappa shape index (κ3) is 4.09. The number of benzene rings is 1. The number of hydrogen-bond acceptors (Lipinski definition) is 2. The fraction of sp³-hybridized carbons (Fsp3) is 0.556. The highest BCUT2D eigenvalue weighted by Crippen LogP contribution is 2.19. The largest absolute Gasteiger partial charge is 0.342 e. The van der Waals surface area contributed by atoms with Gasteiger partial charge in [0, 0.05) is 25.3 Å². The summed E-state index contributed by atoms with van der Waals surface area (Å²) in [5.74, 6) is 0.527. The minimum Gasteiger partial charge on any atom is -0.342 e. The Morgan fingerprint density at radius 1 is 1.27 bits per heavy atom. The van der Waals surface area contributed by atoms with Crippen LogP contribution in [0, 0.1) is 12.8 Å².